The van der Waals surface area contributed by atoms with Crippen LogP contribution < -0.4 is 14.9 Å². The summed E-state index contributed by atoms with van der Waals surface area (Å²) in [5.41, 5.74) is -1.43. The van der Waals surface area contributed by atoms with Gasteiger partial charge in [-0.25, -0.2) is 4.79 Å². The lowest BCUT2D eigenvalue weighted by Crippen LogP contribution is -2.16. The van der Waals surface area contributed by atoms with Crippen LogP contribution in [0.15, 0.2) is 51.7 Å². The molecule has 3 rings (SSSR count). The van der Waals surface area contributed by atoms with E-state index in [0.717, 1.165) is 6.07 Å². The minimum Gasteiger partial charge on any atom is -0.482 e. The monoisotopic (exact) mass is 456 g/mol. The van der Waals surface area contributed by atoms with Crippen LogP contribution in [0.5, 0.6) is 17.2 Å². The summed E-state index contributed by atoms with van der Waals surface area (Å²) in [4.78, 5) is 24.3. The quantitative estimate of drug-likeness (QED) is 0.431. The second-order valence-electron chi connectivity index (χ2n) is 6.29. The van der Waals surface area contributed by atoms with Gasteiger partial charge >= 0.3 is 12.1 Å². The Morgan fingerprint density at radius 3 is 2.58 bits per heavy atom. The van der Waals surface area contributed by atoms with E-state index >= 15 is 0 Å². The first-order valence-corrected chi connectivity index (χ1v) is 9.47. The van der Waals surface area contributed by atoms with Crippen LogP contribution in [0, 0.1) is 0 Å². The summed E-state index contributed by atoms with van der Waals surface area (Å²) in [6.07, 6.45) is -4.39. The van der Waals surface area contributed by atoms with Crippen molar-refractivity contribution >= 4 is 28.5 Å². The van der Waals surface area contributed by atoms with E-state index in [1.54, 1.807) is 6.07 Å². The van der Waals surface area contributed by atoms with E-state index in [4.69, 9.17) is 30.2 Å². The highest BCUT2D eigenvalue weighted by molar-refractivity contribution is 6.32. The van der Waals surface area contributed by atoms with E-state index in [9.17, 15) is 22.8 Å². The molecule has 0 saturated carbocycles. The molecule has 0 radical (unpaired) electrons. The van der Waals surface area contributed by atoms with Gasteiger partial charge in [-0.1, -0.05) is 30.7 Å². The fourth-order valence-electron chi connectivity index (χ4n) is 2.56. The molecular weight excluding hydrogens is 441 g/mol. The van der Waals surface area contributed by atoms with Crippen LogP contribution in [0.3, 0.4) is 0 Å². The number of carbonyl (C=O) groups excluding carboxylic acids is 1. The molecule has 0 unspecified atom stereocenters. The molecule has 0 spiro atoms. The maximum atomic E-state index is 13.6. The van der Waals surface area contributed by atoms with E-state index in [2.05, 4.69) is 0 Å². The van der Waals surface area contributed by atoms with E-state index in [1.807, 2.05) is 6.92 Å². The highest BCUT2D eigenvalue weighted by Gasteiger charge is 2.40. The van der Waals surface area contributed by atoms with E-state index < -0.39 is 35.7 Å². The van der Waals surface area contributed by atoms with Crippen molar-refractivity contribution in [1.82, 2.24) is 0 Å². The number of halogens is 4. The predicted octanol–water partition coefficient (Wildman–Crippen LogP) is 5.59. The maximum Gasteiger partial charge on any atom is 0.453 e. The number of esters is 1. The third-order valence-corrected chi connectivity index (χ3v) is 4.26. The number of para-hydroxylation sites is 1. The summed E-state index contributed by atoms with van der Waals surface area (Å²) in [5.74, 6) is -3.40. The lowest BCUT2D eigenvalue weighted by molar-refractivity contribution is -0.154. The number of ether oxygens (including phenoxy) is 3. The Balaban J connectivity index is 2.00. The van der Waals surface area contributed by atoms with Gasteiger partial charge < -0.3 is 18.6 Å². The molecule has 0 aliphatic rings. The summed E-state index contributed by atoms with van der Waals surface area (Å²) < 4.78 is 61.0. The third-order valence-electron chi connectivity index (χ3n) is 3.95. The van der Waals surface area contributed by atoms with Crippen LogP contribution in [-0.2, 0) is 15.7 Å². The largest absolute Gasteiger partial charge is 0.482 e. The van der Waals surface area contributed by atoms with Crippen molar-refractivity contribution in [3.8, 4) is 17.2 Å². The van der Waals surface area contributed by atoms with Crippen LogP contribution in [0.25, 0.3) is 11.0 Å². The molecule has 6 nitrogen and oxygen atoms in total. The van der Waals surface area contributed by atoms with Crippen LogP contribution in [-0.4, -0.2) is 19.2 Å². The Hall–Kier alpha value is -3.20. The van der Waals surface area contributed by atoms with Gasteiger partial charge in [-0.3, -0.25) is 4.79 Å². The lowest BCUT2D eigenvalue weighted by atomic mass is 10.2. The molecule has 10 heteroatoms. The first-order chi connectivity index (χ1) is 14.7. The van der Waals surface area contributed by atoms with Gasteiger partial charge in [-0.15, -0.1) is 0 Å². The van der Waals surface area contributed by atoms with Crippen molar-refractivity contribution in [2.24, 2.45) is 0 Å². The zero-order valence-corrected chi connectivity index (χ0v) is 16.9. The molecule has 0 fully saturated rings. The summed E-state index contributed by atoms with van der Waals surface area (Å²) in [6.45, 7) is 1.59. The van der Waals surface area contributed by atoms with E-state index in [-0.39, 0.29) is 34.1 Å². The van der Waals surface area contributed by atoms with Gasteiger partial charge in [0.2, 0.25) is 11.2 Å². The number of hydrogen-bond acceptors (Lipinski definition) is 6. The number of carbonyl (C=O) groups is 1. The van der Waals surface area contributed by atoms with Crippen molar-refractivity contribution in [3.63, 3.8) is 0 Å². The Morgan fingerprint density at radius 1 is 1.16 bits per heavy atom. The molecule has 1 aromatic heterocycles. The van der Waals surface area contributed by atoms with Gasteiger partial charge in [0, 0.05) is 6.07 Å². The zero-order chi connectivity index (χ0) is 22.6. The van der Waals surface area contributed by atoms with Crippen molar-refractivity contribution in [2.75, 3.05) is 13.2 Å². The second-order valence-corrected chi connectivity index (χ2v) is 6.69. The number of benzene rings is 2. The molecule has 0 saturated heterocycles. The molecule has 0 bridgehead atoms. The third kappa shape index (κ3) is 5.29. The SMILES string of the molecule is CCCOC(=O)COc1ccc2c(=O)c(Oc3ccccc3Cl)c(C(F)(F)F)oc2c1. The van der Waals surface area contributed by atoms with Gasteiger partial charge in [0.25, 0.3) is 5.76 Å². The molecule has 0 aliphatic heterocycles. The molecule has 2 aromatic carbocycles. The van der Waals surface area contributed by atoms with Gasteiger partial charge in [0.05, 0.1) is 17.0 Å². The Bertz CT molecular complexity index is 1160. The van der Waals surface area contributed by atoms with Gasteiger partial charge in [-0.05, 0) is 30.7 Å². The normalized spacial score (nSPS) is 11.4. The average molecular weight is 457 g/mol. The van der Waals surface area contributed by atoms with E-state index in [0.29, 0.717) is 6.42 Å². The number of alkyl halides is 3. The van der Waals surface area contributed by atoms with Crippen molar-refractivity contribution in [2.45, 2.75) is 19.5 Å². The fraction of sp³-hybridized carbons (Fsp3) is 0.238. The predicted molar refractivity (Wildman–Crippen MR) is 106 cm³/mol. The summed E-state index contributed by atoms with van der Waals surface area (Å²) >= 11 is 5.93. The maximum absolute atomic E-state index is 13.6. The van der Waals surface area contributed by atoms with Crippen LogP contribution in [0.1, 0.15) is 19.1 Å². The smallest absolute Gasteiger partial charge is 0.453 e. The molecule has 3 aromatic rings. The number of rotatable bonds is 7. The number of fused-ring (bicyclic) bond motifs is 1. The molecule has 0 amide bonds. The first-order valence-electron chi connectivity index (χ1n) is 9.09. The topological polar surface area (TPSA) is 75.0 Å². The standard InChI is InChI=1S/C21H16ClF3O6/c1-2-9-28-17(26)11-29-12-7-8-13-16(10-12)31-20(21(23,24)25)19(18(13)27)30-15-6-4-3-5-14(15)22/h3-8,10H,2,9,11H2,1H3. The Morgan fingerprint density at radius 2 is 1.90 bits per heavy atom. The molecule has 0 N–H and O–H groups in total. The molecule has 0 atom stereocenters. The van der Waals surface area contributed by atoms with Crippen molar-refractivity contribution in [1.29, 1.82) is 0 Å². The molecule has 1 heterocycles. The molecule has 164 valence electrons. The van der Waals surface area contributed by atoms with Crippen molar-refractivity contribution in [3.05, 3.63) is 63.5 Å². The molecule has 0 aliphatic carbocycles. The number of hydrogen-bond donors (Lipinski definition) is 0. The van der Waals surface area contributed by atoms with E-state index in [1.165, 1.54) is 30.3 Å². The average Bonchev–Trinajstić information content (AvgIpc) is 2.73. The second kappa shape index (κ2) is 9.30. The Kier molecular flexibility index (Phi) is 6.74. The fourth-order valence-corrected chi connectivity index (χ4v) is 2.74. The van der Waals surface area contributed by atoms with Crippen LogP contribution in [0.4, 0.5) is 13.2 Å². The van der Waals surface area contributed by atoms with Crippen molar-refractivity contribution < 1.29 is 36.6 Å². The highest BCUT2D eigenvalue weighted by Crippen LogP contribution is 2.39. The lowest BCUT2D eigenvalue weighted by Gasteiger charge is -2.14. The van der Waals surface area contributed by atoms with Crippen LogP contribution in [0.2, 0.25) is 5.02 Å². The highest BCUT2D eigenvalue weighted by atomic mass is 35.5. The zero-order valence-electron chi connectivity index (χ0n) is 16.1. The van der Waals surface area contributed by atoms with Gasteiger partial charge in [0.15, 0.2) is 6.61 Å². The summed E-state index contributed by atoms with van der Waals surface area (Å²) in [5, 5.41) is -0.148. The summed E-state index contributed by atoms with van der Waals surface area (Å²) in [6, 6.07) is 9.39. The van der Waals surface area contributed by atoms with Gasteiger partial charge in [0.1, 0.15) is 17.1 Å². The minimum absolute atomic E-state index is 0.0221. The Labute approximate surface area is 179 Å². The van der Waals surface area contributed by atoms with Gasteiger partial charge in [-0.2, -0.15) is 13.2 Å². The summed E-state index contributed by atoms with van der Waals surface area (Å²) in [7, 11) is 0. The molecular formula is C21H16ClF3O6. The minimum atomic E-state index is -5.02. The molecule has 31 heavy (non-hydrogen) atoms. The first kappa shape index (κ1) is 22.5. The van der Waals surface area contributed by atoms with Crippen LogP contribution >= 0.6 is 11.6 Å².